The molecule has 94 valence electrons. The Labute approximate surface area is 109 Å². The van der Waals surface area contributed by atoms with Crippen LogP contribution in [0.15, 0.2) is 18.2 Å². The van der Waals surface area contributed by atoms with Crippen LogP contribution >= 0.6 is 0 Å². The Morgan fingerprint density at radius 2 is 2.17 bits per heavy atom. The van der Waals surface area contributed by atoms with Crippen LogP contribution in [0.25, 0.3) is 0 Å². The van der Waals surface area contributed by atoms with Crippen LogP contribution in [-0.2, 0) is 6.42 Å². The van der Waals surface area contributed by atoms with Crippen molar-refractivity contribution in [3.05, 3.63) is 29.3 Å². The van der Waals surface area contributed by atoms with E-state index < -0.39 is 0 Å². The first kappa shape index (κ1) is 11.6. The van der Waals surface area contributed by atoms with Gasteiger partial charge in [0.15, 0.2) is 0 Å². The van der Waals surface area contributed by atoms with Crippen molar-refractivity contribution in [2.45, 2.75) is 51.6 Å². The van der Waals surface area contributed by atoms with Crippen LogP contribution in [-0.4, -0.2) is 6.10 Å². The lowest BCUT2D eigenvalue weighted by molar-refractivity contribution is 0.169. The first-order valence-electron chi connectivity index (χ1n) is 6.88. The molecular weight excluding hydrogens is 222 g/mol. The Bertz CT molecular complexity index is 494. The van der Waals surface area contributed by atoms with Gasteiger partial charge < -0.3 is 4.74 Å². The molecule has 2 aliphatic rings. The molecular formula is C16H19NO. The van der Waals surface area contributed by atoms with E-state index in [4.69, 9.17) is 4.74 Å². The van der Waals surface area contributed by atoms with E-state index in [1.807, 2.05) is 0 Å². The standard InChI is InChI=1S/C16H19NO/c1-12-4-5-15-13(8-12)9-14(18-15)10-16(11-17)6-2-3-7-16/h4-5,8,14H,2-3,6-7,9-10H2,1H3. The lowest BCUT2D eigenvalue weighted by Crippen LogP contribution is -2.25. The molecule has 0 bridgehead atoms. The van der Waals surface area contributed by atoms with Crippen molar-refractivity contribution in [1.29, 1.82) is 5.26 Å². The lowest BCUT2D eigenvalue weighted by atomic mass is 9.81. The molecule has 1 fully saturated rings. The molecule has 0 spiro atoms. The van der Waals surface area contributed by atoms with Gasteiger partial charge in [0, 0.05) is 12.8 Å². The van der Waals surface area contributed by atoms with E-state index in [2.05, 4.69) is 31.2 Å². The first-order valence-corrected chi connectivity index (χ1v) is 6.88. The number of rotatable bonds is 2. The Kier molecular flexibility index (Phi) is 2.78. The molecule has 1 heterocycles. The third-order valence-electron chi connectivity index (χ3n) is 4.37. The summed E-state index contributed by atoms with van der Waals surface area (Å²) < 4.78 is 6.00. The molecule has 0 amide bonds. The highest BCUT2D eigenvalue weighted by Gasteiger charge is 2.38. The molecule has 18 heavy (non-hydrogen) atoms. The van der Waals surface area contributed by atoms with E-state index in [9.17, 15) is 5.26 Å². The summed E-state index contributed by atoms with van der Waals surface area (Å²) >= 11 is 0. The van der Waals surface area contributed by atoms with Crippen molar-refractivity contribution in [1.82, 2.24) is 0 Å². The van der Waals surface area contributed by atoms with Gasteiger partial charge in [0.05, 0.1) is 11.5 Å². The molecule has 2 nitrogen and oxygen atoms in total. The molecule has 0 saturated heterocycles. The van der Waals surface area contributed by atoms with Gasteiger partial charge in [-0.1, -0.05) is 30.5 Å². The second kappa shape index (κ2) is 4.31. The summed E-state index contributed by atoms with van der Waals surface area (Å²) in [6, 6.07) is 8.94. The average Bonchev–Trinajstić information content (AvgIpc) is 2.96. The fourth-order valence-corrected chi connectivity index (χ4v) is 3.41. The van der Waals surface area contributed by atoms with Crippen LogP contribution in [0.3, 0.4) is 0 Å². The maximum atomic E-state index is 9.43. The molecule has 1 aromatic carbocycles. The molecule has 1 aliphatic carbocycles. The molecule has 1 atom stereocenters. The minimum atomic E-state index is -0.109. The number of aryl methyl sites for hydroxylation is 1. The molecule has 2 heteroatoms. The summed E-state index contributed by atoms with van der Waals surface area (Å²) in [4.78, 5) is 0. The number of hydrogen-bond acceptors (Lipinski definition) is 2. The lowest BCUT2D eigenvalue weighted by Gasteiger charge is -2.23. The minimum absolute atomic E-state index is 0.109. The molecule has 1 unspecified atom stereocenters. The molecule has 3 rings (SSSR count). The second-order valence-corrected chi connectivity index (χ2v) is 5.86. The Hall–Kier alpha value is -1.49. The van der Waals surface area contributed by atoms with Crippen molar-refractivity contribution in [2.75, 3.05) is 0 Å². The van der Waals surface area contributed by atoms with E-state index in [0.717, 1.165) is 31.4 Å². The molecule has 0 radical (unpaired) electrons. The van der Waals surface area contributed by atoms with E-state index in [0.29, 0.717) is 0 Å². The smallest absolute Gasteiger partial charge is 0.123 e. The Balaban J connectivity index is 1.73. The molecule has 1 aliphatic heterocycles. The third kappa shape index (κ3) is 1.99. The fourth-order valence-electron chi connectivity index (χ4n) is 3.41. The zero-order valence-electron chi connectivity index (χ0n) is 10.9. The normalized spacial score (nSPS) is 24.3. The predicted octanol–water partition coefficient (Wildman–Crippen LogP) is 3.77. The van der Waals surface area contributed by atoms with Gasteiger partial charge in [-0.05, 0) is 31.4 Å². The molecule has 1 saturated carbocycles. The zero-order chi connectivity index (χ0) is 12.6. The fraction of sp³-hybridized carbons (Fsp3) is 0.562. The number of ether oxygens (including phenoxy) is 1. The molecule has 0 aromatic heterocycles. The topological polar surface area (TPSA) is 33.0 Å². The van der Waals surface area contributed by atoms with Gasteiger partial charge in [-0.15, -0.1) is 0 Å². The monoisotopic (exact) mass is 241 g/mol. The molecule has 1 aromatic rings. The minimum Gasteiger partial charge on any atom is -0.490 e. The van der Waals surface area contributed by atoms with E-state index >= 15 is 0 Å². The number of fused-ring (bicyclic) bond motifs is 1. The second-order valence-electron chi connectivity index (χ2n) is 5.86. The van der Waals surface area contributed by atoms with Gasteiger partial charge in [-0.25, -0.2) is 0 Å². The Morgan fingerprint density at radius 3 is 2.89 bits per heavy atom. The number of nitrogens with zero attached hydrogens (tertiary/aromatic N) is 1. The van der Waals surface area contributed by atoms with Gasteiger partial charge in [0.2, 0.25) is 0 Å². The number of hydrogen-bond donors (Lipinski definition) is 0. The van der Waals surface area contributed by atoms with Crippen molar-refractivity contribution < 1.29 is 4.74 Å². The number of nitriles is 1. The van der Waals surface area contributed by atoms with Gasteiger partial charge in [0.1, 0.15) is 11.9 Å². The van der Waals surface area contributed by atoms with Crippen molar-refractivity contribution >= 4 is 0 Å². The van der Waals surface area contributed by atoms with Gasteiger partial charge in [-0.3, -0.25) is 0 Å². The van der Waals surface area contributed by atoms with Crippen molar-refractivity contribution in [2.24, 2.45) is 5.41 Å². The van der Waals surface area contributed by atoms with Gasteiger partial charge in [0.25, 0.3) is 0 Å². The zero-order valence-corrected chi connectivity index (χ0v) is 10.9. The molecule has 0 N–H and O–H groups in total. The quantitative estimate of drug-likeness (QED) is 0.789. The highest BCUT2D eigenvalue weighted by Crippen LogP contribution is 2.44. The van der Waals surface area contributed by atoms with Crippen LogP contribution < -0.4 is 4.74 Å². The van der Waals surface area contributed by atoms with Crippen LogP contribution in [0.1, 0.15) is 43.2 Å². The summed E-state index contributed by atoms with van der Waals surface area (Å²) in [5.74, 6) is 1.02. The highest BCUT2D eigenvalue weighted by atomic mass is 16.5. The largest absolute Gasteiger partial charge is 0.490 e. The van der Waals surface area contributed by atoms with E-state index in [1.54, 1.807) is 0 Å². The van der Waals surface area contributed by atoms with Crippen molar-refractivity contribution in [3.8, 4) is 11.8 Å². The average molecular weight is 241 g/mol. The SMILES string of the molecule is Cc1ccc2c(c1)CC(CC1(C#N)CCCC1)O2. The van der Waals surface area contributed by atoms with E-state index in [1.165, 1.54) is 24.0 Å². The maximum absolute atomic E-state index is 9.43. The van der Waals surface area contributed by atoms with Gasteiger partial charge >= 0.3 is 0 Å². The number of benzene rings is 1. The van der Waals surface area contributed by atoms with E-state index in [-0.39, 0.29) is 11.5 Å². The van der Waals surface area contributed by atoms with Crippen molar-refractivity contribution in [3.63, 3.8) is 0 Å². The summed E-state index contributed by atoms with van der Waals surface area (Å²) in [7, 11) is 0. The summed E-state index contributed by atoms with van der Waals surface area (Å²) in [6.45, 7) is 2.11. The maximum Gasteiger partial charge on any atom is 0.123 e. The summed E-state index contributed by atoms with van der Waals surface area (Å²) in [5.41, 5.74) is 2.49. The summed E-state index contributed by atoms with van der Waals surface area (Å²) in [6.07, 6.45) is 6.59. The van der Waals surface area contributed by atoms with Crippen LogP contribution in [0.2, 0.25) is 0 Å². The van der Waals surface area contributed by atoms with Crippen LogP contribution in [0.4, 0.5) is 0 Å². The third-order valence-corrected chi connectivity index (χ3v) is 4.37. The predicted molar refractivity (Wildman–Crippen MR) is 70.4 cm³/mol. The van der Waals surface area contributed by atoms with Crippen LogP contribution in [0.5, 0.6) is 5.75 Å². The van der Waals surface area contributed by atoms with Crippen LogP contribution in [0, 0.1) is 23.7 Å². The highest BCUT2D eigenvalue weighted by molar-refractivity contribution is 5.40. The summed E-state index contributed by atoms with van der Waals surface area (Å²) in [5, 5.41) is 9.43. The Morgan fingerprint density at radius 1 is 1.39 bits per heavy atom. The van der Waals surface area contributed by atoms with Gasteiger partial charge in [-0.2, -0.15) is 5.26 Å². The first-order chi connectivity index (χ1) is 8.71.